The van der Waals surface area contributed by atoms with Gasteiger partial charge in [-0.1, -0.05) is 29.3 Å². The predicted molar refractivity (Wildman–Crippen MR) is 62.7 cm³/mol. The molecule has 86 valence electrons. The van der Waals surface area contributed by atoms with Gasteiger partial charge in [0.2, 0.25) is 0 Å². The summed E-state index contributed by atoms with van der Waals surface area (Å²) in [5.41, 5.74) is 2.14. The van der Waals surface area contributed by atoms with Crippen LogP contribution in [0.4, 0.5) is 0 Å². The fourth-order valence-electron chi connectivity index (χ4n) is 2.09. The van der Waals surface area contributed by atoms with Crippen molar-refractivity contribution in [1.82, 2.24) is 5.32 Å². The third-order valence-electron chi connectivity index (χ3n) is 3.01. The standard InChI is InChI=1S/C12H14ClNO2/c1-7-2-3-10(13)9(4-7)11-5-8(6-14-11)12(15)16/h2-4,8,11,14H,5-6H2,1H3,(H,15,16). The van der Waals surface area contributed by atoms with Crippen molar-refractivity contribution in [3.8, 4) is 0 Å². The van der Waals surface area contributed by atoms with Gasteiger partial charge in [-0.15, -0.1) is 0 Å². The summed E-state index contributed by atoms with van der Waals surface area (Å²) in [7, 11) is 0. The molecule has 0 amide bonds. The lowest BCUT2D eigenvalue weighted by atomic mass is 9.99. The molecule has 1 aliphatic heterocycles. The molecule has 1 fully saturated rings. The Bertz CT molecular complexity index is 419. The quantitative estimate of drug-likeness (QED) is 0.833. The highest BCUT2D eigenvalue weighted by Gasteiger charge is 2.30. The van der Waals surface area contributed by atoms with Crippen LogP contribution >= 0.6 is 11.6 Å². The van der Waals surface area contributed by atoms with E-state index in [1.165, 1.54) is 0 Å². The topological polar surface area (TPSA) is 49.3 Å². The molecule has 2 unspecified atom stereocenters. The minimum atomic E-state index is -0.737. The number of nitrogens with one attached hydrogen (secondary N) is 1. The summed E-state index contributed by atoms with van der Waals surface area (Å²) >= 11 is 6.12. The predicted octanol–water partition coefficient (Wildman–Crippen LogP) is 2.38. The van der Waals surface area contributed by atoms with Crippen molar-refractivity contribution in [3.05, 3.63) is 34.3 Å². The first kappa shape index (κ1) is 11.4. The third kappa shape index (κ3) is 2.20. The highest BCUT2D eigenvalue weighted by atomic mass is 35.5. The number of benzene rings is 1. The van der Waals surface area contributed by atoms with Gasteiger partial charge in [0.25, 0.3) is 0 Å². The lowest BCUT2D eigenvalue weighted by Gasteiger charge is -2.13. The van der Waals surface area contributed by atoms with E-state index in [4.69, 9.17) is 16.7 Å². The van der Waals surface area contributed by atoms with Gasteiger partial charge in [-0.25, -0.2) is 0 Å². The van der Waals surface area contributed by atoms with E-state index in [0.29, 0.717) is 18.0 Å². The average molecular weight is 240 g/mol. The first-order chi connectivity index (χ1) is 7.58. The number of carboxylic acid groups (broad SMARTS) is 1. The Kier molecular flexibility index (Phi) is 3.17. The van der Waals surface area contributed by atoms with E-state index in [1.54, 1.807) is 0 Å². The molecule has 0 radical (unpaired) electrons. The lowest BCUT2D eigenvalue weighted by molar-refractivity contribution is -0.141. The Morgan fingerprint density at radius 1 is 1.56 bits per heavy atom. The zero-order valence-corrected chi connectivity index (χ0v) is 9.79. The van der Waals surface area contributed by atoms with Crippen molar-refractivity contribution in [2.45, 2.75) is 19.4 Å². The maximum atomic E-state index is 10.9. The highest BCUT2D eigenvalue weighted by molar-refractivity contribution is 6.31. The van der Waals surface area contributed by atoms with E-state index in [9.17, 15) is 4.79 Å². The Labute approximate surface area is 99.4 Å². The molecule has 2 atom stereocenters. The average Bonchev–Trinajstić information content (AvgIpc) is 2.70. The van der Waals surface area contributed by atoms with Crippen LogP contribution in [0.3, 0.4) is 0 Å². The molecule has 16 heavy (non-hydrogen) atoms. The van der Waals surface area contributed by atoms with Gasteiger partial charge in [-0.2, -0.15) is 0 Å². The van der Waals surface area contributed by atoms with E-state index in [0.717, 1.165) is 11.1 Å². The van der Waals surface area contributed by atoms with Crippen LogP contribution in [0.1, 0.15) is 23.6 Å². The molecule has 0 aromatic heterocycles. The van der Waals surface area contributed by atoms with Gasteiger partial charge in [0.15, 0.2) is 0 Å². The maximum Gasteiger partial charge on any atom is 0.307 e. The Morgan fingerprint density at radius 2 is 2.31 bits per heavy atom. The van der Waals surface area contributed by atoms with Crippen LogP contribution in [0.5, 0.6) is 0 Å². The van der Waals surface area contributed by atoms with Crippen LogP contribution in [0, 0.1) is 12.8 Å². The van der Waals surface area contributed by atoms with Crippen LogP contribution in [0.25, 0.3) is 0 Å². The zero-order valence-electron chi connectivity index (χ0n) is 9.03. The van der Waals surface area contributed by atoms with Gasteiger partial charge in [0, 0.05) is 17.6 Å². The largest absolute Gasteiger partial charge is 0.481 e. The van der Waals surface area contributed by atoms with Gasteiger partial charge >= 0.3 is 5.97 Å². The molecule has 2 rings (SSSR count). The van der Waals surface area contributed by atoms with Gasteiger partial charge in [0.1, 0.15) is 0 Å². The van der Waals surface area contributed by atoms with Crippen molar-refractivity contribution in [2.24, 2.45) is 5.92 Å². The van der Waals surface area contributed by atoms with Crippen LogP contribution in [-0.2, 0) is 4.79 Å². The van der Waals surface area contributed by atoms with Crippen molar-refractivity contribution >= 4 is 17.6 Å². The molecule has 2 N–H and O–H groups in total. The van der Waals surface area contributed by atoms with E-state index < -0.39 is 5.97 Å². The number of carboxylic acids is 1. The summed E-state index contributed by atoms with van der Waals surface area (Å²) in [6.45, 7) is 2.52. The molecule has 1 aromatic rings. The minimum Gasteiger partial charge on any atom is -0.481 e. The number of aryl methyl sites for hydroxylation is 1. The van der Waals surface area contributed by atoms with Crippen molar-refractivity contribution in [2.75, 3.05) is 6.54 Å². The van der Waals surface area contributed by atoms with E-state index >= 15 is 0 Å². The molecular weight excluding hydrogens is 226 g/mol. The number of carbonyl (C=O) groups is 1. The second-order valence-corrected chi connectivity index (χ2v) is 4.66. The molecule has 0 spiro atoms. The number of hydrogen-bond acceptors (Lipinski definition) is 2. The van der Waals surface area contributed by atoms with Crippen molar-refractivity contribution in [3.63, 3.8) is 0 Å². The first-order valence-electron chi connectivity index (χ1n) is 5.30. The fourth-order valence-corrected chi connectivity index (χ4v) is 2.34. The molecular formula is C12H14ClNO2. The van der Waals surface area contributed by atoms with Crippen LogP contribution < -0.4 is 5.32 Å². The second kappa shape index (κ2) is 4.44. The Morgan fingerprint density at radius 3 is 2.94 bits per heavy atom. The molecule has 3 nitrogen and oxygen atoms in total. The van der Waals surface area contributed by atoms with Crippen molar-refractivity contribution in [1.29, 1.82) is 0 Å². The van der Waals surface area contributed by atoms with Crippen LogP contribution in [0.2, 0.25) is 5.02 Å². The van der Waals surface area contributed by atoms with Gasteiger partial charge < -0.3 is 10.4 Å². The molecule has 0 aliphatic carbocycles. The zero-order chi connectivity index (χ0) is 11.7. The fraction of sp³-hybridized carbons (Fsp3) is 0.417. The van der Waals surface area contributed by atoms with Crippen molar-refractivity contribution < 1.29 is 9.90 Å². The summed E-state index contributed by atoms with van der Waals surface area (Å²) in [6, 6.07) is 5.90. The lowest BCUT2D eigenvalue weighted by Crippen LogP contribution is -2.17. The molecule has 1 aliphatic rings. The molecule has 1 aromatic carbocycles. The first-order valence-corrected chi connectivity index (χ1v) is 5.68. The molecule has 1 heterocycles. The summed E-state index contributed by atoms with van der Waals surface area (Å²) in [5.74, 6) is -1.04. The molecule has 1 saturated heterocycles. The monoisotopic (exact) mass is 239 g/mol. The minimum absolute atomic E-state index is 0.0634. The smallest absolute Gasteiger partial charge is 0.307 e. The molecule has 0 bridgehead atoms. The summed E-state index contributed by atoms with van der Waals surface area (Å²) in [6.07, 6.45) is 0.610. The van der Waals surface area contributed by atoms with Gasteiger partial charge in [-0.3, -0.25) is 4.79 Å². The Hall–Kier alpha value is -1.06. The second-order valence-electron chi connectivity index (χ2n) is 4.26. The molecule has 4 heteroatoms. The van der Waals surface area contributed by atoms with E-state index in [2.05, 4.69) is 5.32 Å². The number of aliphatic carboxylic acids is 1. The normalized spacial score (nSPS) is 24.6. The summed E-state index contributed by atoms with van der Waals surface area (Å²) in [4.78, 5) is 10.9. The SMILES string of the molecule is Cc1ccc(Cl)c(C2CC(C(=O)O)CN2)c1. The van der Waals surface area contributed by atoms with Crippen LogP contribution in [-0.4, -0.2) is 17.6 Å². The highest BCUT2D eigenvalue weighted by Crippen LogP contribution is 2.32. The van der Waals surface area contributed by atoms with Gasteiger partial charge in [-0.05, 0) is 25.0 Å². The number of hydrogen-bond donors (Lipinski definition) is 2. The van der Waals surface area contributed by atoms with Gasteiger partial charge in [0.05, 0.1) is 5.92 Å². The van der Waals surface area contributed by atoms with Crippen LogP contribution in [0.15, 0.2) is 18.2 Å². The summed E-state index contributed by atoms with van der Waals surface area (Å²) in [5, 5.41) is 12.8. The number of halogens is 1. The van der Waals surface area contributed by atoms with E-state index in [-0.39, 0.29) is 12.0 Å². The summed E-state index contributed by atoms with van der Waals surface area (Å²) < 4.78 is 0. The maximum absolute atomic E-state index is 10.9. The molecule has 0 saturated carbocycles. The van der Waals surface area contributed by atoms with E-state index in [1.807, 2.05) is 25.1 Å². The number of rotatable bonds is 2. The Balaban J connectivity index is 2.20. The third-order valence-corrected chi connectivity index (χ3v) is 3.35.